The molecule has 1 aromatic rings. The summed E-state index contributed by atoms with van der Waals surface area (Å²) < 4.78 is 6.84. The Bertz CT molecular complexity index is 535. The Kier molecular flexibility index (Phi) is 4.15. The van der Waals surface area contributed by atoms with E-state index >= 15 is 0 Å². The normalized spacial score (nSPS) is 18.8. The molecule has 1 fully saturated rings. The molecule has 1 amide bonds. The molecule has 116 valence electrons. The average molecular weight is 296 g/mol. The number of ether oxygens (including phenoxy) is 1. The van der Waals surface area contributed by atoms with Crippen LogP contribution < -0.4 is 0 Å². The zero-order valence-electron chi connectivity index (χ0n) is 12.4. The Morgan fingerprint density at radius 3 is 2.76 bits per heavy atom. The van der Waals surface area contributed by atoms with Crippen molar-refractivity contribution in [2.24, 2.45) is 0 Å². The molecule has 1 aliphatic rings. The van der Waals surface area contributed by atoms with Crippen molar-refractivity contribution in [2.75, 3.05) is 6.54 Å². The third kappa shape index (κ3) is 3.93. The average Bonchev–Trinajstić information content (AvgIpc) is 2.96. The first kappa shape index (κ1) is 15.3. The summed E-state index contributed by atoms with van der Waals surface area (Å²) in [6.45, 7) is 6.53. The number of nitrogens with zero attached hydrogens (tertiary/aromatic N) is 4. The zero-order chi connectivity index (χ0) is 15.6. The third-order valence-corrected chi connectivity index (χ3v) is 3.16. The van der Waals surface area contributed by atoms with Crippen LogP contribution in [-0.4, -0.2) is 55.3 Å². The summed E-state index contributed by atoms with van der Waals surface area (Å²) in [6, 6.07) is -0.0526. The van der Waals surface area contributed by atoms with Gasteiger partial charge in [-0.25, -0.2) is 14.3 Å². The Hall–Kier alpha value is -2.12. The number of carboxylic acids is 1. The van der Waals surface area contributed by atoms with Gasteiger partial charge in [0.25, 0.3) is 0 Å². The van der Waals surface area contributed by atoms with Crippen molar-refractivity contribution in [3.8, 4) is 0 Å². The number of rotatable bonds is 3. The molecule has 1 aliphatic heterocycles. The summed E-state index contributed by atoms with van der Waals surface area (Å²) in [5, 5.41) is 16.2. The molecule has 21 heavy (non-hydrogen) atoms. The number of carbonyl (C=O) groups is 2. The van der Waals surface area contributed by atoms with Crippen LogP contribution in [0.2, 0.25) is 0 Å². The van der Waals surface area contributed by atoms with Gasteiger partial charge in [0.05, 0.1) is 18.8 Å². The monoisotopic (exact) mass is 296 g/mol. The molecule has 0 radical (unpaired) electrons. The standard InChI is InChI=1S/C13H20N4O4/c1-13(2,3)21-12(20)17-6-4-5-9(17)7-16-8-10(11(18)19)14-15-16/h8-9H,4-7H2,1-3H3,(H,18,19)/t9-/m0/s1. The quantitative estimate of drug-likeness (QED) is 0.904. The predicted molar refractivity (Wildman–Crippen MR) is 72.9 cm³/mol. The third-order valence-electron chi connectivity index (χ3n) is 3.16. The SMILES string of the molecule is CC(C)(C)OC(=O)N1CCC[C@H]1Cn1cc(C(=O)O)nn1. The van der Waals surface area contributed by atoms with Gasteiger partial charge in [-0.2, -0.15) is 0 Å². The van der Waals surface area contributed by atoms with E-state index in [2.05, 4.69) is 10.3 Å². The largest absolute Gasteiger partial charge is 0.476 e. The number of aromatic nitrogens is 3. The zero-order valence-corrected chi connectivity index (χ0v) is 12.4. The van der Waals surface area contributed by atoms with Crippen LogP contribution in [0.3, 0.4) is 0 Å². The van der Waals surface area contributed by atoms with Crippen LogP contribution in [0.4, 0.5) is 4.79 Å². The lowest BCUT2D eigenvalue weighted by Crippen LogP contribution is -2.41. The Morgan fingerprint density at radius 1 is 1.48 bits per heavy atom. The van der Waals surface area contributed by atoms with Gasteiger partial charge in [-0.1, -0.05) is 5.21 Å². The fourth-order valence-electron chi connectivity index (χ4n) is 2.29. The highest BCUT2D eigenvalue weighted by atomic mass is 16.6. The van der Waals surface area contributed by atoms with Gasteiger partial charge >= 0.3 is 12.1 Å². The van der Waals surface area contributed by atoms with Crippen molar-refractivity contribution in [3.05, 3.63) is 11.9 Å². The van der Waals surface area contributed by atoms with E-state index in [1.165, 1.54) is 10.9 Å². The second-order valence-electron chi connectivity index (χ2n) is 6.10. The number of aromatic carboxylic acids is 1. The highest BCUT2D eigenvalue weighted by Gasteiger charge is 2.32. The van der Waals surface area contributed by atoms with Gasteiger partial charge in [-0.15, -0.1) is 5.10 Å². The second-order valence-corrected chi connectivity index (χ2v) is 6.10. The molecule has 1 saturated heterocycles. The van der Waals surface area contributed by atoms with E-state index in [9.17, 15) is 9.59 Å². The highest BCUT2D eigenvalue weighted by molar-refractivity contribution is 5.84. The van der Waals surface area contributed by atoms with Crippen molar-refractivity contribution in [2.45, 2.75) is 51.8 Å². The minimum Gasteiger partial charge on any atom is -0.476 e. The van der Waals surface area contributed by atoms with E-state index in [0.29, 0.717) is 13.1 Å². The molecular formula is C13H20N4O4. The fraction of sp³-hybridized carbons (Fsp3) is 0.692. The first-order valence-corrected chi connectivity index (χ1v) is 6.89. The van der Waals surface area contributed by atoms with Crippen LogP contribution in [0.1, 0.15) is 44.1 Å². The summed E-state index contributed by atoms with van der Waals surface area (Å²) >= 11 is 0. The maximum Gasteiger partial charge on any atom is 0.410 e. The summed E-state index contributed by atoms with van der Waals surface area (Å²) in [5.41, 5.74) is -0.634. The Morgan fingerprint density at radius 2 is 2.19 bits per heavy atom. The summed E-state index contributed by atoms with van der Waals surface area (Å²) in [5.74, 6) is -1.11. The van der Waals surface area contributed by atoms with Gasteiger partial charge in [0.2, 0.25) is 0 Å². The van der Waals surface area contributed by atoms with Crippen molar-refractivity contribution < 1.29 is 19.4 Å². The van der Waals surface area contributed by atoms with Crippen molar-refractivity contribution in [1.82, 2.24) is 19.9 Å². The first-order valence-electron chi connectivity index (χ1n) is 6.89. The summed E-state index contributed by atoms with van der Waals surface area (Å²) in [6.07, 6.45) is 2.75. The predicted octanol–water partition coefficient (Wildman–Crippen LogP) is 1.38. The van der Waals surface area contributed by atoms with Gasteiger partial charge < -0.3 is 14.7 Å². The van der Waals surface area contributed by atoms with E-state index in [1.807, 2.05) is 20.8 Å². The van der Waals surface area contributed by atoms with E-state index in [-0.39, 0.29) is 17.8 Å². The maximum atomic E-state index is 12.1. The van der Waals surface area contributed by atoms with Crippen LogP contribution in [0.15, 0.2) is 6.20 Å². The van der Waals surface area contributed by atoms with E-state index in [4.69, 9.17) is 9.84 Å². The molecule has 2 rings (SSSR count). The molecule has 0 unspecified atom stereocenters. The van der Waals surface area contributed by atoms with Crippen molar-refractivity contribution in [3.63, 3.8) is 0 Å². The molecule has 8 heteroatoms. The van der Waals surface area contributed by atoms with Gasteiger partial charge in [-0.3, -0.25) is 0 Å². The molecule has 1 N–H and O–H groups in total. The molecule has 0 aromatic carbocycles. The van der Waals surface area contributed by atoms with Crippen LogP contribution in [0, 0.1) is 0 Å². The number of hydrogen-bond donors (Lipinski definition) is 1. The van der Waals surface area contributed by atoms with Crippen LogP contribution in [0.25, 0.3) is 0 Å². The van der Waals surface area contributed by atoms with Gasteiger partial charge in [0.15, 0.2) is 5.69 Å². The first-order chi connectivity index (χ1) is 9.76. The lowest BCUT2D eigenvalue weighted by Gasteiger charge is -2.28. The number of carbonyl (C=O) groups excluding carboxylic acids is 1. The molecule has 0 aliphatic carbocycles. The molecule has 0 spiro atoms. The van der Waals surface area contributed by atoms with Gasteiger partial charge in [-0.05, 0) is 33.6 Å². The molecular weight excluding hydrogens is 276 g/mol. The molecule has 1 atom stereocenters. The van der Waals surface area contributed by atoms with E-state index in [1.54, 1.807) is 4.90 Å². The minimum atomic E-state index is -1.11. The molecule has 1 aromatic heterocycles. The number of amides is 1. The fourth-order valence-corrected chi connectivity index (χ4v) is 2.29. The Labute approximate surface area is 122 Å². The topological polar surface area (TPSA) is 97.5 Å². The summed E-state index contributed by atoms with van der Waals surface area (Å²) in [7, 11) is 0. The maximum absolute atomic E-state index is 12.1. The van der Waals surface area contributed by atoms with E-state index < -0.39 is 11.6 Å². The molecule has 2 heterocycles. The van der Waals surface area contributed by atoms with Crippen molar-refractivity contribution in [1.29, 1.82) is 0 Å². The molecule has 0 saturated carbocycles. The number of hydrogen-bond acceptors (Lipinski definition) is 5. The lowest BCUT2D eigenvalue weighted by molar-refractivity contribution is 0.0211. The highest BCUT2D eigenvalue weighted by Crippen LogP contribution is 2.21. The van der Waals surface area contributed by atoms with E-state index in [0.717, 1.165) is 12.8 Å². The van der Waals surface area contributed by atoms with Crippen LogP contribution in [-0.2, 0) is 11.3 Å². The van der Waals surface area contributed by atoms with Crippen LogP contribution in [0.5, 0.6) is 0 Å². The second kappa shape index (κ2) is 5.71. The number of carboxylic acid groups (broad SMARTS) is 1. The molecule has 0 bridgehead atoms. The Balaban J connectivity index is 2.01. The number of likely N-dealkylation sites (tertiary alicyclic amines) is 1. The smallest absolute Gasteiger partial charge is 0.410 e. The molecule has 8 nitrogen and oxygen atoms in total. The summed E-state index contributed by atoms with van der Waals surface area (Å²) in [4.78, 5) is 24.6. The van der Waals surface area contributed by atoms with Crippen LogP contribution >= 0.6 is 0 Å². The lowest BCUT2D eigenvalue weighted by atomic mass is 10.2. The van der Waals surface area contributed by atoms with Gasteiger partial charge in [0.1, 0.15) is 5.60 Å². The van der Waals surface area contributed by atoms with Gasteiger partial charge in [0, 0.05) is 6.54 Å². The minimum absolute atomic E-state index is 0.0526. The van der Waals surface area contributed by atoms with Crippen molar-refractivity contribution >= 4 is 12.1 Å².